The largest absolute Gasteiger partial charge is 0.314 e. The van der Waals surface area contributed by atoms with E-state index < -0.39 is 0 Å². The lowest BCUT2D eigenvalue weighted by atomic mass is 9.91. The highest BCUT2D eigenvalue weighted by molar-refractivity contribution is 7.11. The van der Waals surface area contributed by atoms with Crippen molar-refractivity contribution >= 4 is 11.3 Å². The summed E-state index contributed by atoms with van der Waals surface area (Å²) in [7, 11) is 0. The van der Waals surface area contributed by atoms with E-state index in [2.05, 4.69) is 26.1 Å². The Bertz CT molecular complexity index is 371. The fourth-order valence-corrected chi connectivity index (χ4v) is 3.81. The zero-order chi connectivity index (χ0) is 13.0. The number of aromatic nitrogens is 1. The first-order valence-electron chi connectivity index (χ1n) is 7.42. The molecule has 0 saturated heterocycles. The molecule has 2 nitrogen and oxygen atoms in total. The molecule has 1 atom stereocenters. The molecular weight excluding hydrogens is 240 g/mol. The minimum absolute atomic E-state index is 0.577. The number of nitrogens with zero attached hydrogens (tertiary/aromatic N) is 1. The van der Waals surface area contributed by atoms with E-state index in [1.54, 1.807) is 4.88 Å². The molecule has 3 heteroatoms. The van der Waals surface area contributed by atoms with Crippen molar-refractivity contribution < 1.29 is 0 Å². The summed E-state index contributed by atoms with van der Waals surface area (Å²) in [6.07, 6.45) is 7.64. The van der Waals surface area contributed by atoms with E-state index in [0.717, 1.165) is 6.54 Å². The summed E-state index contributed by atoms with van der Waals surface area (Å²) in [6, 6.07) is 0.577. The third-order valence-electron chi connectivity index (χ3n) is 3.63. The molecule has 1 aromatic rings. The summed E-state index contributed by atoms with van der Waals surface area (Å²) in [5.74, 6) is 0.655. The van der Waals surface area contributed by atoms with Crippen LogP contribution in [-0.4, -0.2) is 17.6 Å². The molecule has 1 N–H and O–H groups in total. The van der Waals surface area contributed by atoms with E-state index in [9.17, 15) is 0 Å². The van der Waals surface area contributed by atoms with Gasteiger partial charge in [0.1, 0.15) is 0 Å². The fourth-order valence-electron chi connectivity index (χ4n) is 2.57. The monoisotopic (exact) mass is 266 g/mol. The van der Waals surface area contributed by atoms with Crippen molar-refractivity contribution in [3.63, 3.8) is 0 Å². The van der Waals surface area contributed by atoms with Crippen LogP contribution in [0, 0.1) is 0 Å². The smallest absolute Gasteiger partial charge is 0.0931 e. The molecule has 1 aliphatic rings. The van der Waals surface area contributed by atoms with E-state index in [1.165, 1.54) is 49.2 Å². The van der Waals surface area contributed by atoms with Gasteiger partial charge in [-0.15, -0.1) is 11.3 Å². The Morgan fingerprint density at radius 2 is 2.28 bits per heavy atom. The maximum Gasteiger partial charge on any atom is 0.0931 e. The first kappa shape index (κ1) is 14.0. The van der Waals surface area contributed by atoms with Crippen LogP contribution in [0.2, 0.25) is 0 Å². The summed E-state index contributed by atoms with van der Waals surface area (Å²) in [6.45, 7) is 7.79. The number of nitrogens with one attached hydrogen (secondary N) is 1. The van der Waals surface area contributed by atoms with Gasteiger partial charge in [0.05, 0.1) is 10.7 Å². The molecule has 0 amide bonds. The number of aryl methyl sites for hydroxylation is 2. The van der Waals surface area contributed by atoms with Crippen molar-refractivity contribution in [2.75, 3.05) is 6.54 Å². The zero-order valence-corrected chi connectivity index (χ0v) is 12.8. The van der Waals surface area contributed by atoms with Crippen LogP contribution in [-0.2, 0) is 12.8 Å². The van der Waals surface area contributed by atoms with Crippen LogP contribution >= 0.6 is 11.3 Å². The molecule has 2 rings (SSSR count). The van der Waals surface area contributed by atoms with Crippen LogP contribution in [0.1, 0.15) is 68.0 Å². The lowest BCUT2D eigenvalue weighted by molar-refractivity contribution is 0.474. The first-order valence-corrected chi connectivity index (χ1v) is 8.24. The molecule has 0 spiro atoms. The molecule has 18 heavy (non-hydrogen) atoms. The highest BCUT2D eigenvalue weighted by Crippen LogP contribution is 2.34. The van der Waals surface area contributed by atoms with Gasteiger partial charge in [-0.25, -0.2) is 4.98 Å². The van der Waals surface area contributed by atoms with Gasteiger partial charge >= 0.3 is 0 Å². The van der Waals surface area contributed by atoms with Gasteiger partial charge in [-0.05, 0) is 32.1 Å². The molecular formula is C15H26N2S. The average Bonchev–Trinajstić information content (AvgIpc) is 2.76. The van der Waals surface area contributed by atoms with Gasteiger partial charge in [0.2, 0.25) is 0 Å². The Morgan fingerprint density at radius 3 is 3.00 bits per heavy atom. The molecule has 0 saturated carbocycles. The van der Waals surface area contributed by atoms with Gasteiger partial charge < -0.3 is 5.32 Å². The van der Waals surface area contributed by atoms with Gasteiger partial charge in [0, 0.05) is 23.4 Å². The summed E-state index contributed by atoms with van der Waals surface area (Å²) in [4.78, 5) is 6.50. The van der Waals surface area contributed by atoms with E-state index in [-0.39, 0.29) is 0 Å². The molecule has 0 aromatic carbocycles. The predicted molar refractivity (Wildman–Crippen MR) is 79.5 cm³/mol. The van der Waals surface area contributed by atoms with Crippen LogP contribution in [0.25, 0.3) is 0 Å². The normalized spacial score (nSPS) is 19.2. The number of hydrogen-bond donors (Lipinski definition) is 1. The first-order chi connectivity index (χ1) is 8.70. The SMILES string of the molecule is CCCCc1nc2c(s1)CCCC2CNC(C)C. The van der Waals surface area contributed by atoms with E-state index in [1.807, 2.05) is 11.3 Å². The number of rotatable bonds is 6. The third-order valence-corrected chi connectivity index (χ3v) is 4.82. The molecule has 1 aromatic heterocycles. The Morgan fingerprint density at radius 1 is 1.44 bits per heavy atom. The average molecular weight is 266 g/mol. The highest BCUT2D eigenvalue weighted by Gasteiger charge is 2.24. The molecule has 1 aliphatic carbocycles. The van der Waals surface area contributed by atoms with Crippen molar-refractivity contribution in [3.8, 4) is 0 Å². The van der Waals surface area contributed by atoms with Crippen molar-refractivity contribution in [2.24, 2.45) is 0 Å². The predicted octanol–water partition coefficient (Wildman–Crippen LogP) is 3.90. The van der Waals surface area contributed by atoms with E-state index in [4.69, 9.17) is 4.98 Å². The third kappa shape index (κ3) is 3.55. The Kier molecular flexibility index (Phi) is 5.19. The second kappa shape index (κ2) is 6.67. The van der Waals surface area contributed by atoms with Gasteiger partial charge in [-0.2, -0.15) is 0 Å². The quantitative estimate of drug-likeness (QED) is 0.844. The van der Waals surface area contributed by atoms with Crippen LogP contribution in [0.15, 0.2) is 0 Å². The summed E-state index contributed by atoms with van der Waals surface area (Å²) >= 11 is 1.97. The molecule has 0 aliphatic heterocycles. The molecule has 0 radical (unpaired) electrons. The number of hydrogen-bond acceptors (Lipinski definition) is 3. The maximum atomic E-state index is 4.93. The van der Waals surface area contributed by atoms with Gasteiger partial charge in [-0.1, -0.05) is 27.2 Å². The summed E-state index contributed by atoms with van der Waals surface area (Å²) in [5, 5.41) is 4.95. The number of unbranched alkanes of at least 4 members (excludes halogenated alkanes) is 1. The Balaban J connectivity index is 2.03. The molecule has 102 valence electrons. The van der Waals surface area contributed by atoms with Gasteiger partial charge in [-0.3, -0.25) is 0 Å². The van der Waals surface area contributed by atoms with Crippen molar-refractivity contribution in [3.05, 3.63) is 15.6 Å². The lowest BCUT2D eigenvalue weighted by Gasteiger charge is -2.22. The standard InChI is InChI=1S/C15H26N2S/c1-4-5-9-14-17-15-12(10-16-11(2)3)7-6-8-13(15)18-14/h11-12,16H,4-10H2,1-3H3. The van der Waals surface area contributed by atoms with Crippen LogP contribution < -0.4 is 5.32 Å². The topological polar surface area (TPSA) is 24.9 Å². The molecule has 1 heterocycles. The highest BCUT2D eigenvalue weighted by atomic mass is 32.1. The molecule has 0 bridgehead atoms. The molecule has 0 fully saturated rings. The second-order valence-corrected chi connectivity index (χ2v) is 6.84. The fraction of sp³-hybridized carbons (Fsp3) is 0.800. The zero-order valence-electron chi connectivity index (χ0n) is 12.0. The van der Waals surface area contributed by atoms with E-state index >= 15 is 0 Å². The van der Waals surface area contributed by atoms with Crippen molar-refractivity contribution in [2.45, 2.75) is 71.3 Å². The maximum absolute atomic E-state index is 4.93. The van der Waals surface area contributed by atoms with Crippen LogP contribution in [0.4, 0.5) is 0 Å². The minimum atomic E-state index is 0.577. The Hall–Kier alpha value is -0.410. The van der Waals surface area contributed by atoms with Gasteiger partial charge in [0.25, 0.3) is 0 Å². The number of fused-ring (bicyclic) bond motifs is 1. The van der Waals surface area contributed by atoms with Gasteiger partial charge in [0.15, 0.2) is 0 Å². The van der Waals surface area contributed by atoms with Crippen molar-refractivity contribution in [1.82, 2.24) is 10.3 Å². The Labute approximate surface area is 115 Å². The summed E-state index contributed by atoms with van der Waals surface area (Å²) < 4.78 is 0. The van der Waals surface area contributed by atoms with E-state index in [0.29, 0.717) is 12.0 Å². The summed E-state index contributed by atoms with van der Waals surface area (Å²) in [5.41, 5.74) is 1.42. The van der Waals surface area contributed by atoms with Crippen LogP contribution in [0.5, 0.6) is 0 Å². The second-order valence-electron chi connectivity index (χ2n) is 5.67. The number of thiazole rings is 1. The molecule has 1 unspecified atom stereocenters. The van der Waals surface area contributed by atoms with Crippen molar-refractivity contribution in [1.29, 1.82) is 0 Å². The van der Waals surface area contributed by atoms with Crippen LogP contribution in [0.3, 0.4) is 0 Å². The minimum Gasteiger partial charge on any atom is -0.314 e. The lowest BCUT2D eigenvalue weighted by Crippen LogP contribution is -2.29.